The Morgan fingerprint density at radius 1 is 0.973 bits per heavy atom. The minimum absolute atomic E-state index is 0.0430. The zero-order valence-electron chi connectivity index (χ0n) is 21.5. The summed E-state index contributed by atoms with van der Waals surface area (Å²) < 4.78 is 0. The maximum absolute atomic E-state index is 12.5. The Balaban J connectivity index is 1.45. The van der Waals surface area contributed by atoms with Gasteiger partial charge in [0.15, 0.2) is 0 Å². The first-order chi connectivity index (χ1) is 17.9. The number of amides is 2. The van der Waals surface area contributed by atoms with E-state index in [1.165, 1.54) is 0 Å². The smallest absolute Gasteiger partial charge is 0.412 e. The second-order valence-electron chi connectivity index (χ2n) is 10.6. The van der Waals surface area contributed by atoms with Gasteiger partial charge in [0.1, 0.15) is 6.29 Å². The molecule has 0 spiro atoms. The molecule has 2 aliphatic rings. The van der Waals surface area contributed by atoms with Crippen molar-refractivity contribution in [2.45, 2.75) is 88.8 Å². The standard InChI is InChI=1S/C30H39N3O4/c31-24-12-16-26(17-13-24)33(30(36)37)28-19-21(11-18-27(28)23-6-2-1-3-7-23)5-4-8-29(35)32-25-14-9-22(20-34)10-15-25/h1-3,6-7,11,18-20,22,24-26H,4-5,8-10,12-17,31H2,(H,32,35)(H,36,37)/t22-,24?,25-,26?. The third-order valence-electron chi connectivity index (χ3n) is 7.92. The molecule has 0 saturated heterocycles. The van der Waals surface area contributed by atoms with Crippen molar-refractivity contribution < 1.29 is 19.5 Å². The van der Waals surface area contributed by atoms with Crippen molar-refractivity contribution >= 4 is 24.0 Å². The van der Waals surface area contributed by atoms with Gasteiger partial charge in [-0.1, -0.05) is 42.5 Å². The minimum atomic E-state index is -0.946. The summed E-state index contributed by atoms with van der Waals surface area (Å²) in [6, 6.07) is 16.1. The normalized spacial score (nSPS) is 23.7. The van der Waals surface area contributed by atoms with Crippen LogP contribution in [-0.4, -0.2) is 41.5 Å². The summed E-state index contributed by atoms with van der Waals surface area (Å²) >= 11 is 0. The lowest BCUT2D eigenvalue weighted by atomic mass is 9.87. The second-order valence-corrected chi connectivity index (χ2v) is 10.6. The number of nitrogens with two attached hydrogens (primary N) is 1. The first kappa shape index (κ1) is 26.9. The van der Waals surface area contributed by atoms with E-state index in [1.54, 1.807) is 4.90 Å². The summed E-state index contributed by atoms with van der Waals surface area (Å²) in [5, 5.41) is 13.4. The van der Waals surface area contributed by atoms with E-state index in [1.807, 2.05) is 48.5 Å². The van der Waals surface area contributed by atoms with Gasteiger partial charge in [-0.3, -0.25) is 9.69 Å². The van der Waals surface area contributed by atoms with E-state index in [4.69, 9.17) is 5.73 Å². The molecule has 2 aromatic rings. The van der Waals surface area contributed by atoms with Crippen LogP contribution in [0, 0.1) is 5.92 Å². The van der Waals surface area contributed by atoms with E-state index in [2.05, 4.69) is 5.32 Å². The molecule has 0 atom stereocenters. The molecule has 2 aromatic carbocycles. The highest BCUT2D eigenvalue weighted by Crippen LogP contribution is 2.36. The van der Waals surface area contributed by atoms with Crippen molar-refractivity contribution in [1.29, 1.82) is 0 Å². The van der Waals surface area contributed by atoms with E-state index in [0.29, 0.717) is 24.9 Å². The number of aldehydes is 1. The number of carbonyl (C=O) groups is 3. The Bertz CT molecular complexity index is 1060. The monoisotopic (exact) mass is 505 g/mol. The van der Waals surface area contributed by atoms with Crippen LogP contribution in [0.1, 0.15) is 69.8 Å². The lowest BCUT2D eigenvalue weighted by Crippen LogP contribution is -2.44. The van der Waals surface area contributed by atoms with Gasteiger partial charge in [0.2, 0.25) is 5.91 Å². The van der Waals surface area contributed by atoms with Crippen LogP contribution < -0.4 is 16.0 Å². The van der Waals surface area contributed by atoms with Gasteiger partial charge in [0.25, 0.3) is 0 Å². The second kappa shape index (κ2) is 12.9. The fourth-order valence-corrected chi connectivity index (χ4v) is 5.76. The van der Waals surface area contributed by atoms with Crippen molar-refractivity contribution in [1.82, 2.24) is 5.32 Å². The molecule has 4 rings (SSSR count). The van der Waals surface area contributed by atoms with E-state index >= 15 is 0 Å². The van der Waals surface area contributed by atoms with Crippen LogP contribution in [0.25, 0.3) is 11.1 Å². The molecule has 7 heteroatoms. The molecule has 0 aliphatic heterocycles. The average Bonchev–Trinajstić information content (AvgIpc) is 2.91. The largest absolute Gasteiger partial charge is 0.465 e. The van der Waals surface area contributed by atoms with Crippen LogP contribution in [0.3, 0.4) is 0 Å². The molecule has 2 amide bonds. The molecule has 0 heterocycles. The van der Waals surface area contributed by atoms with Crippen LogP contribution in [0.5, 0.6) is 0 Å². The highest BCUT2D eigenvalue weighted by Gasteiger charge is 2.30. The fraction of sp³-hybridized carbons (Fsp3) is 0.500. The Hall–Kier alpha value is -3.19. The van der Waals surface area contributed by atoms with Gasteiger partial charge in [-0.15, -0.1) is 0 Å². The van der Waals surface area contributed by atoms with E-state index in [-0.39, 0.29) is 30.0 Å². The lowest BCUT2D eigenvalue weighted by molar-refractivity contribution is -0.122. The summed E-state index contributed by atoms with van der Waals surface area (Å²) in [5.74, 6) is 0.179. The molecular formula is C30H39N3O4. The van der Waals surface area contributed by atoms with E-state index in [9.17, 15) is 19.5 Å². The Morgan fingerprint density at radius 2 is 1.68 bits per heavy atom. The van der Waals surface area contributed by atoms with Crippen LogP contribution in [0.2, 0.25) is 0 Å². The number of carboxylic acid groups (broad SMARTS) is 1. The molecule has 0 radical (unpaired) electrons. The van der Waals surface area contributed by atoms with E-state index in [0.717, 1.165) is 74.3 Å². The van der Waals surface area contributed by atoms with Gasteiger partial charge in [0, 0.05) is 36.0 Å². The summed E-state index contributed by atoms with van der Waals surface area (Å²) in [6.07, 6.45) is 8.43. The molecule has 2 aliphatic carbocycles. The number of nitrogens with zero attached hydrogens (tertiary/aromatic N) is 1. The quantitative estimate of drug-likeness (QED) is 0.400. The number of carbonyl (C=O) groups excluding carboxylic acids is 2. The number of hydrogen-bond acceptors (Lipinski definition) is 4. The number of anilines is 1. The lowest BCUT2D eigenvalue weighted by Gasteiger charge is -2.35. The van der Waals surface area contributed by atoms with Crippen molar-refractivity contribution in [3.05, 3.63) is 54.1 Å². The number of rotatable bonds is 9. The number of benzene rings is 2. The SMILES string of the molecule is NC1CCC(N(C(=O)O)c2cc(CCCC(=O)N[C@H]3CC[C@H](C=O)CC3)ccc2-c2ccccc2)CC1. The average molecular weight is 506 g/mol. The summed E-state index contributed by atoms with van der Waals surface area (Å²) in [6.45, 7) is 0. The molecule has 2 fully saturated rings. The van der Waals surface area contributed by atoms with Crippen molar-refractivity contribution in [3.63, 3.8) is 0 Å². The van der Waals surface area contributed by atoms with Crippen molar-refractivity contribution in [3.8, 4) is 11.1 Å². The van der Waals surface area contributed by atoms with Crippen LogP contribution >= 0.6 is 0 Å². The molecule has 4 N–H and O–H groups in total. The topological polar surface area (TPSA) is 113 Å². The highest BCUT2D eigenvalue weighted by atomic mass is 16.4. The summed E-state index contributed by atoms with van der Waals surface area (Å²) in [4.78, 5) is 37.5. The molecule has 2 saturated carbocycles. The fourth-order valence-electron chi connectivity index (χ4n) is 5.76. The summed E-state index contributed by atoms with van der Waals surface area (Å²) in [7, 11) is 0. The molecular weight excluding hydrogens is 466 g/mol. The minimum Gasteiger partial charge on any atom is -0.465 e. The Morgan fingerprint density at radius 3 is 2.32 bits per heavy atom. The molecule has 37 heavy (non-hydrogen) atoms. The molecule has 7 nitrogen and oxygen atoms in total. The zero-order chi connectivity index (χ0) is 26.2. The highest BCUT2D eigenvalue weighted by molar-refractivity contribution is 5.93. The van der Waals surface area contributed by atoms with Crippen molar-refractivity contribution in [2.24, 2.45) is 11.7 Å². The maximum Gasteiger partial charge on any atom is 0.412 e. The number of aryl methyl sites for hydroxylation is 1. The van der Waals surface area contributed by atoms with Gasteiger partial charge in [-0.2, -0.15) is 0 Å². The van der Waals surface area contributed by atoms with Gasteiger partial charge >= 0.3 is 6.09 Å². The molecule has 0 unspecified atom stereocenters. The zero-order valence-corrected chi connectivity index (χ0v) is 21.5. The summed E-state index contributed by atoms with van der Waals surface area (Å²) in [5.41, 5.74) is 9.69. The Kier molecular flexibility index (Phi) is 9.34. The van der Waals surface area contributed by atoms with E-state index < -0.39 is 6.09 Å². The molecule has 198 valence electrons. The van der Waals surface area contributed by atoms with Gasteiger partial charge in [0.05, 0.1) is 5.69 Å². The number of nitrogens with one attached hydrogen (secondary N) is 1. The predicted molar refractivity (Wildman–Crippen MR) is 146 cm³/mol. The van der Waals surface area contributed by atoms with Crippen LogP contribution in [0.4, 0.5) is 10.5 Å². The predicted octanol–water partition coefficient (Wildman–Crippen LogP) is 5.30. The van der Waals surface area contributed by atoms with Crippen LogP contribution in [0.15, 0.2) is 48.5 Å². The van der Waals surface area contributed by atoms with Gasteiger partial charge < -0.3 is 21.0 Å². The Labute approximate surface area is 219 Å². The van der Waals surface area contributed by atoms with Crippen LogP contribution in [-0.2, 0) is 16.0 Å². The third kappa shape index (κ3) is 7.19. The van der Waals surface area contributed by atoms with Crippen molar-refractivity contribution in [2.75, 3.05) is 4.90 Å². The maximum atomic E-state index is 12.5. The number of hydrogen-bond donors (Lipinski definition) is 3. The first-order valence-corrected chi connectivity index (χ1v) is 13.7. The van der Waals surface area contributed by atoms with Gasteiger partial charge in [-0.25, -0.2) is 4.79 Å². The third-order valence-corrected chi connectivity index (χ3v) is 7.92. The van der Waals surface area contributed by atoms with Gasteiger partial charge in [-0.05, 0) is 81.4 Å². The molecule has 0 bridgehead atoms. The first-order valence-electron chi connectivity index (χ1n) is 13.7. The molecule has 0 aromatic heterocycles.